The number of likely N-dealkylation sites (tertiary alicyclic amines) is 1. The van der Waals surface area contributed by atoms with Gasteiger partial charge in [0, 0.05) is 24.8 Å². The Morgan fingerprint density at radius 3 is 2.67 bits per heavy atom. The zero-order valence-electron chi connectivity index (χ0n) is 13.4. The van der Waals surface area contributed by atoms with Crippen LogP contribution in [0.5, 0.6) is 0 Å². The lowest BCUT2D eigenvalue weighted by molar-refractivity contribution is 0.175. The highest BCUT2D eigenvalue weighted by atomic mass is 15.3. The molecule has 2 N–H and O–H groups in total. The number of piperidine rings is 1. The van der Waals surface area contributed by atoms with Crippen molar-refractivity contribution in [3.63, 3.8) is 0 Å². The Labute approximate surface area is 129 Å². The number of aryl methyl sites for hydroxylation is 1. The van der Waals surface area contributed by atoms with Crippen molar-refractivity contribution in [3.05, 3.63) is 29.3 Å². The number of nitrogens with zero attached hydrogens (tertiary/aromatic N) is 2. The molecule has 0 saturated carbocycles. The molecule has 3 rings (SSSR count). The first-order valence-electron chi connectivity index (χ1n) is 8.56. The first-order chi connectivity index (χ1) is 10.3. The Balaban J connectivity index is 1.64. The van der Waals surface area contributed by atoms with E-state index in [1.807, 2.05) is 0 Å². The van der Waals surface area contributed by atoms with Crippen molar-refractivity contribution in [3.8, 4) is 0 Å². The summed E-state index contributed by atoms with van der Waals surface area (Å²) >= 11 is 0. The standard InChI is InChI=1S/C18H29N3/c1-15-13-17(6-5-16(15)7-9-19)21-12-8-18(14-21)20-10-3-2-4-11-20/h5-6,13,18H,2-4,7-12,14,19H2,1H3. The van der Waals surface area contributed by atoms with Crippen LogP contribution in [0.25, 0.3) is 0 Å². The lowest BCUT2D eigenvalue weighted by Gasteiger charge is -2.32. The highest BCUT2D eigenvalue weighted by Gasteiger charge is 2.28. The number of anilines is 1. The van der Waals surface area contributed by atoms with Crippen molar-refractivity contribution in [2.45, 2.75) is 45.1 Å². The SMILES string of the molecule is Cc1cc(N2CCC(N3CCCCC3)C2)ccc1CCN. The molecule has 0 bridgehead atoms. The van der Waals surface area contributed by atoms with E-state index >= 15 is 0 Å². The second-order valence-electron chi connectivity index (χ2n) is 6.63. The van der Waals surface area contributed by atoms with E-state index in [9.17, 15) is 0 Å². The molecule has 0 aromatic heterocycles. The second-order valence-corrected chi connectivity index (χ2v) is 6.63. The average Bonchev–Trinajstić information content (AvgIpc) is 3.00. The number of benzene rings is 1. The molecule has 2 aliphatic heterocycles. The summed E-state index contributed by atoms with van der Waals surface area (Å²) in [7, 11) is 0. The largest absolute Gasteiger partial charge is 0.370 e. The summed E-state index contributed by atoms with van der Waals surface area (Å²) in [6, 6.07) is 7.68. The van der Waals surface area contributed by atoms with Crippen LogP contribution in [0.3, 0.4) is 0 Å². The highest BCUT2D eigenvalue weighted by molar-refractivity contribution is 5.52. The third kappa shape index (κ3) is 3.41. The molecule has 1 aromatic carbocycles. The molecular weight excluding hydrogens is 258 g/mol. The van der Waals surface area contributed by atoms with Crippen LogP contribution in [0.4, 0.5) is 5.69 Å². The minimum Gasteiger partial charge on any atom is -0.370 e. The van der Waals surface area contributed by atoms with Crippen LogP contribution < -0.4 is 10.6 Å². The van der Waals surface area contributed by atoms with Gasteiger partial charge in [-0.25, -0.2) is 0 Å². The quantitative estimate of drug-likeness (QED) is 0.924. The van der Waals surface area contributed by atoms with Gasteiger partial charge in [0.2, 0.25) is 0 Å². The summed E-state index contributed by atoms with van der Waals surface area (Å²) in [6.07, 6.45) is 6.52. The maximum Gasteiger partial charge on any atom is 0.0369 e. The van der Waals surface area contributed by atoms with Gasteiger partial charge in [0.25, 0.3) is 0 Å². The van der Waals surface area contributed by atoms with Crippen LogP contribution in [-0.2, 0) is 6.42 Å². The van der Waals surface area contributed by atoms with E-state index in [1.165, 1.54) is 68.7 Å². The minimum atomic E-state index is 0.737. The maximum absolute atomic E-state index is 5.67. The van der Waals surface area contributed by atoms with E-state index in [0.717, 1.165) is 19.0 Å². The van der Waals surface area contributed by atoms with Gasteiger partial charge >= 0.3 is 0 Å². The van der Waals surface area contributed by atoms with E-state index in [4.69, 9.17) is 5.73 Å². The average molecular weight is 287 g/mol. The van der Waals surface area contributed by atoms with E-state index in [2.05, 4.69) is 34.9 Å². The molecule has 2 saturated heterocycles. The molecule has 0 radical (unpaired) electrons. The molecule has 116 valence electrons. The predicted molar refractivity (Wildman–Crippen MR) is 90.0 cm³/mol. The van der Waals surface area contributed by atoms with E-state index in [1.54, 1.807) is 0 Å². The lowest BCUT2D eigenvalue weighted by Crippen LogP contribution is -2.40. The van der Waals surface area contributed by atoms with Crippen LogP contribution in [0.2, 0.25) is 0 Å². The summed E-state index contributed by atoms with van der Waals surface area (Å²) in [5, 5.41) is 0. The van der Waals surface area contributed by atoms with Gasteiger partial charge in [0.15, 0.2) is 0 Å². The number of rotatable bonds is 4. The molecule has 2 fully saturated rings. The monoisotopic (exact) mass is 287 g/mol. The van der Waals surface area contributed by atoms with Crippen LogP contribution in [0.1, 0.15) is 36.8 Å². The van der Waals surface area contributed by atoms with E-state index in [-0.39, 0.29) is 0 Å². The van der Waals surface area contributed by atoms with Gasteiger partial charge in [-0.2, -0.15) is 0 Å². The van der Waals surface area contributed by atoms with Gasteiger partial charge < -0.3 is 10.6 Å². The highest BCUT2D eigenvalue weighted by Crippen LogP contribution is 2.26. The van der Waals surface area contributed by atoms with E-state index in [0.29, 0.717) is 0 Å². The van der Waals surface area contributed by atoms with Gasteiger partial charge in [-0.3, -0.25) is 4.90 Å². The van der Waals surface area contributed by atoms with Crippen LogP contribution in [-0.4, -0.2) is 43.7 Å². The Morgan fingerprint density at radius 2 is 1.95 bits per heavy atom. The summed E-state index contributed by atoms with van der Waals surface area (Å²) in [6.45, 7) is 7.99. The fourth-order valence-electron chi connectivity index (χ4n) is 3.87. The number of hydrogen-bond acceptors (Lipinski definition) is 3. The van der Waals surface area contributed by atoms with Crippen molar-refractivity contribution in [2.24, 2.45) is 5.73 Å². The van der Waals surface area contributed by atoms with Crippen molar-refractivity contribution < 1.29 is 0 Å². The third-order valence-corrected chi connectivity index (χ3v) is 5.18. The molecule has 1 aromatic rings. The first kappa shape index (κ1) is 14.9. The molecule has 0 aliphatic carbocycles. The maximum atomic E-state index is 5.67. The summed E-state index contributed by atoms with van der Waals surface area (Å²) in [4.78, 5) is 5.29. The fourth-order valence-corrected chi connectivity index (χ4v) is 3.87. The number of nitrogens with two attached hydrogens (primary N) is 1. The summed E-state index contributed by atoms with van der Waals surface area (Å²) in [5.74, 6) is 0. The van der Waals surface area contributed by atoms with Crippen molar-refractivity contribution in [1.82, 2.24) is 4.90 Å². The minimum absolute atomic E-state index is 0.737. The molecule has 0 spiro atoms. The molecule has 3 nitrogen and oxygen atoms in total. The third-order valence-electron chi connectivity index (χ3n) is 5.18. The zero-order chi connectivity index (χ0) is 14.7. The summed E-state index contributed by atoms with van der Waals surface area (Å²) in [5.41, 5.74) is 9.86. The molecular formula is C18H29N3. The topological polar surface area (TPSA) is 32.5 Å². The van der Waals surface area contributed by atoms with Gasteiger partial charge in [-0.1, -0.05) is 12.5 Å². The Kier molecular flexibility index (Phi) is 4.81. The molecule has 3 heteroatoms. The predicted octanol–water partition coefficient (Wildman–Crippen LogP) is 2.56. The molecule has 2 aliphatic rings. The number of hydrogen-bond donors (Lipinski definition) is 1. The molecule has 1 unspecified atom stereocenters. The summed E-state index contributed by atoms with van der Waals surface area (Å²) < 4.78 is 0. The smallest absolute Gasteiger partial charge is 0.0369 e. The van der Waals surface area contributed by atoms with Gasteiger partial charge in [-0.15, -0.1) is 0 Å². The first-order valence-corrected chi connectivity index (χ1v) is 8.56. The lowest BCUT2D eigenvalue weighted by atomic mass is 10.0. The van der Waals surface area contributed by atoms with Gasteiger partial charge in [0.05, 0.1) is 0 Å². The molecule has 21 heavy (non-hydrogen) atoms. The molecule has 2 heterocycles. The van der Waals surface area contributed by atoms with Crippen LogP contribution in [0.15, 0.2) is 18.2 Å². The van der Waals surface area contributed by atoms with Crippen LogP contribution in [0, 0.1) is 6.92 Å². The zero-order valence-corrected chi connectivity index (χ0v) is 13.4. The molecule has 0 amide bonds. The normalized spacial score (nSPS) is 23.7. The Morgan fingerprint density at radius 1 is 1.14 bits per heavy atom. The Bertz CT molecular complexity index is 466. The molecule has 1 atom stereocenters. The fraction of sp³-hybridized carbons (Fsp3) is 0.667. The van der Waals surface area contributed by atoms with Gasteiger partial charge in [-0.05, 0) is 75.5 Å². The van der Waals surface area contributed by atoms with Crippen molar-refractivity contribution in [2.75, 3.05) is 37.6 Å². The Hall–Kier alpha value is -1.06. The van der Waals surface area contributed by atoms with Crippen molar-refractivity contribution >= 4 is 5.69 Å². The second kappa shape index (κ2) is 6.80. The van der Waals surface area contributed by atoms with Crippen molar-refractivity contribution in [1.29, 1.82) is 0 Å². The van der Waals surface area contributed by atoms with Gasteiger partial charge in [0.1, 0.15) is 0 Å². The van der Waals surface area contributed by atoms with Crippen LogP contribution >= 0.6 is 0 Å². The van der Waals surface area contributed by atoms with E-state index < -0.39 is 0 Å².